The van der Waals surface area contributed by atoms with Gasteiger partial charge in [-0.15, -0.1) is 0 Å². The zero-order valence-corrected chi connectivity index (χ0v) is 8.46. The third-order valence-electron chi connectivity index (χ3n) is 2.08. The molecule has 1 heterocycles. The second-order valence-electron chi connectivity index (χ2n) is 3.28. The van der Waals surface area contributed by atoms with Crippen molar-refractivity contribution in [1.82, 2.24) is 10.6 Å². The minimum absolute atomic E-state index is 0.0325. The monoisotopic (exact) mass is 222 g/mol. The molecule has 0 aromatic heterocycles. The molecule has 1 saturated heterocycles. The van der Waals surface area contributed by atoms with Crippen LogP contribution in [0.15, 0.2) is 0 Å². The fraction of sp³-hybridized carbons (Fsp3) is 0.857. The predicted octanol–water partition coefficient (Wildman–Crippen LogP) is -2.52. The van der Waals surface area contributed by atoms with Crippen LogP contribution < -0.4 is 10.6 Å². The molecular formula is C7H14N2O4S. The summed E-state index contributed by atoms with van der Waals surface area (Å²) in [7, 11) is -3.09. The van der Waals surface area contributed by atoms with Gasteiger partial charge in [-0.1, -0.05) is 0 Å². The Hall–Kier alpha value is -0.660. The van der Waals surface area contributed by atoms with Gasteiger partial charge in [0.1, 0.15) is 0 Å². The molecule has 14 heavy (non-hydrogen) atoms. The van der Waals surface area contributed by atoms with E-state index in [9.17, 15) is 18.3 Å². The molecule has 0 saturated carbocycles. The molecule has 7 heteroatoms. The van der Waals surface area contributed by atoms with Gasteiger partial charge in [0.05, 0.1) is 17.6 Å². The fourth-order valence-electron chi connectivity index (χ4n) is 1.41. The van der Waals surface area contributed by atoms with E-state index < -0.39 is 22.0 Å². The van der Waals surface area contributed by atoms with Crippen LogP contribution in [0.3, 0.4) is 0 Å². The first kappa shape index (κ1) is 11.4. The van der Waals surface area contributed by atoms with E-state index in [0.29, 0.717) is 19.5 Å². The van der Waals surface area contributed by atoms with E-state index in [2.05, 4.69) is 10.6 Å². The summed E-state index contributed by atoms with van der Waals surface area (Å²) >= 11 is 0. The van der Waals surface area contributed by atoms with Crippen molar-refractivity contribution in [1.29, 1.82) is 0 Å². The van der Waals surface area contributed by atoms with Crippen molar-refractivity contribution in [2.24, 2.45) is 0 Å². The van der Waals surface area contributed by atoms with Gasteiger partial charge in [-0.2, -0.15) is 0 Å². The molecule has 82 valence electrons. The smallest absolute Gasteiger partial charge is 0.207 e. The molecule has 0 radical (unpaired) electrons. The van der Waals surface area contributed by atoms with Crippen LogP contribution in [0.25, 0.3) is 0 Å². The third-order valence-corrected chi connectivity index (χ3v) is 3.80. The van der Waals surface area contributed by atoms with Crippen molar-refractivity contribution < 1.29 is 18.3 Å². The molecule has 0 aromatic rings. The number of aliphatic hydroxyl groups is 1. The van der Waals surface area contributed by atoms with Crippen molar-refractivity contribution in [2.45, 2.75) is 12.1 Å². The maximum absolute atomic E-state index is 11.1. The molecule has 1 rings (SSSR count). The number of sulfone groups is 1. The molecule has 0 aromatic carbocycles. The highest BCUT2D eigenvalue weighted by atomic mass is 32.2. The normalized spacial score (nSPS) is 30.1. The van der Waals surface area contributed by atoms with Gasteiger partial charge in [-0.25, -0.2) is 8.42 Å². The first-order valence-electron chi connectivity index (χ1n) is 4.34. The molecule has 0 unspecified atom stereocenters. The van der Waals surface area contributed by atoms with E-state index in [1.54, 1.807) is 0 Å². The van der Waals surface area contributed by atoms with Crippen LogP contribution in [0.4, 0.5) is 0 Å². The lowest BCUT2D eigenvalue weighted by molar-refractivity contribution is -0.109. The van der Waals surface area contributed by atoms with Gasteiger partial charge >= 0.3 is 0 Å². The fourth-order valence-corrected chi connectivity index (χ4v) is 3.19. The molecule has 1 fully saturated rings. The van der Waals surface area contributed by atoms with Gasteiger partial charge in [-0.3, -0.25) is 4.79 Å². The molecule has 0 aliphatic carbocycles. The van der Waals surface area contributed by atoms with E-state index in [0.717, 1.165) is 0 Å². The Balaban J connectivity index is 2.29. The first-order chi connectivity index (χ1) is 6.55. The molecule has 2 atom stereocenters. The van der Waals surface area contributed by atoms with Gasteiger partial charge in [0, 0.05) is 19.1 Å². The summed E-state index contributed by atoms with van der Waals surface area (Å²) in [6.45, 7) is 0.878. The summed E-state index contributed by atoms with van der Waals surface area (Å²) < 4.78 is 22.1. The Bertz CT molecular complexity index is 290. The van der Waals surface area contributed by atoms with Crippen LogP contribution in [-0.2, 0) is 14.6 Å². The number of hydrogen-bond acceptors (Lipinski definition) is 5. The van der Waals surface area contributed by atoms with Crippen LogP contribution in [-0.4, -0.2) is 56.7 Å². The summed E-state index contributed by atoms with van der Waals surface area (Å²) in [6.07, 6.45) is -0.264. The highest BCUT2D eigenvalue weighted by molar-refractivity contribution is 7.91. The lowest BCUT2D eigenvalue weighted by Gasteiger charge is -2.14. The van der Waals surface area contributed by atoms with Crippen LogP contribution in [0, 0.1) is 0 Å². The van der Waals surface area contributed by atoms with Crippen LogP contribution >= 0.6 is 0 Å². The highest BCUT2D eigenvalue weighted by Gasteiger charge is 2.35. The van der Waals surface area contributed by atoms with Crippen molar-refractivity contribution in [3.8, 4) is 0 Å². The number of hydrogen-bond donors (Lipinski definition) is 3. The summed E-state index contributed by atoms with van der Waals surface area (Å²) in [5.74, 6) is -0.207. The summed E-state index contributed by atoms with van der Waals surface area (Å²) in [5.41, 5.74) is 0. The Kier molecular flexibility index (Phi) is 3.85. The van der Waals surface area contributed by atoms with Crippen LogP contribution in [0.2, 0.25) is 0 Å². The number of aliphatic hydroxyl groups excluding tert-OH is 1. The van der Waals surface area contributed by atoms with Crippen molar-refractivity contribution in [3.63, 3.8) is 0 Å². The summed E-state index contributed by atoms with van der Waals surface area (Å²) in [5, 5.41) is 14.7. The number of carbonyl (C=O) groups is 1. The lowest BCUT2D eigenvalue weighted by atomic mass is 10.2. The quantitative estimate of drug-likeness (QED) is 0.352. The zero-order chi connectivity index (χ0) is 10.6. The number of amides is 1. The van der Waals surface area contributed by atoms with Gasteiger partial charge in [0.25, 0.3) is 0 Å². The Morgan fingerprint density at radius 2 is 2.07 bits per heavy atom. The zero-order valence-electron chi connectivity index (χ0n) is 7.64. The molecule has 1 aliphatic rings. The SMILES string of the molecule is O=CNCCN[C@@H]1CS(=O)(=O)C[C@@H]1O. The van der Waals surface area contributed by atoms with Crippen molar-refractivity contribution in [3.05, 3.63) is 0 Å². The minimum atomic E-state index is -3.09. The average molecular weight is 222 g/mol. The maximum Gasteiger partial charge on any atom is 0.207 e. The van der Waals surface area contributed by atoms with E-state index in [4.69, 9.17) is 0 Å². The Morgan fingerprint density at radius 1 is 1.36 bits per heavy atom. The molecule has 3 N–H and O–H groups in total. The van der Waals surface area contributed by atoms with Crippen molar-refractivity contribution in [2.75, 3.05) is 24.6 Å². The Labute approximate surface area is 82.6 Å². The number of rotatable bonds is 5. The first-order valence-corrected chi connectivity index (χ1v) is 6.16. The number of nitrogens with one attached hydrogen (secondary N) is 2. The van der Waals surface area contributed by atoms with E-state index in [1.165, 1.54) is 0 Å². The molecule has 0 bridgehead atoms. The second kappa shape index (κ2) is 4.72. The topological polar surface area (TPSA) is 95.5 Å². The van der Waals surface area contributed by atoms with Gasteiger partial charge in [0.2, 0.25) is 6.41 Å². The number of carbonyl (C=O) groups excluding carboxylic acids is 1. The molecule has 6 nitrogen and oxygen atoms in total. The van der Waals surface area contributed by atoms with Crippen molar-refractivity contribution >= 4 is 16.2 Å². The molecule has 1 amide bonds. The molecule has 1 aliphatic heterocycles. The van der Waals surface area contributed by atoms with Gasteiger partial charge < -0.3 is 15.7 Å². The largest absolute Gasteiger partial charge is 0.390 e. The van der Waals surface area contributed by atoms with Crippen LogP contribution in [0.5, 0.6) is 0 Å². The van der Waals surface area contributed by atoms with E-state index in [-0.39, 0.29) is 11.5 Å². The minimum Gasteiger partial charge on any atom is -0.390 e. The standard InChI is InChI=1S/C7H14N2O4S/c10-5-8-1-2-9-6-3-14(12,13)4-7(6)11/h5-7,9,11H,1-4H2,(H,8,10)/t6-,7+/m1/s1. The Morgan fingerprint density at radius 3 is 2.57 bits per heavy atom. The molecule has 0 spiro atoms. The van der Waals surface area contributed by atoms with Crippen LogP contribution in [0.1, 0.15) is 0 Å². The third kappa shape index (κ3) is 3.24. The maximum atomic E-state index is 11.1. The van der Waals surface area contributed by atoms with Gasteiger partial charge in [-0.05, 0) is 0 Å². The summed E-state index contributed by atoms with van der Waals surface area (Å²) in [4.78, 5) is 9.88. The average Bonchev–Trinajstić information content (AvgIpc) is 2.34. The summed E-state index contributed by atoms with van der Waals surface area (Å²) in [6, 6.07) is -0.409. The van der Waals surface area contributed by atoms with E-state index >= 15 is 0 Å². The highest BCUT2D eigenvalue weighted by Crippen LogP contribution is 2.11. The van der Waals surface area contributed by atoms with E-state index in [1.807, 2.05) is 0 Å². The lowest BCUT2D eigenvalue weighted by Crippen LogP contribution is -2.41. The second-order valence-corrected chi connectivity index (χ2v) is 5.43. The molecular weight excluding hydrogens is 208 g/mol. The van der Waals surface area contributed by atoms with Gasteiger partial charge in [0.15, 0.2) is 9.84 Å². The predicted molar refractivity (Wildman–Crippen MR) is 50.5 cm³/mol.